The topological polar surface area (TPSA) is 78.4 Å². The molecule has 0 aromatic heterocycles. The lowest BCUT2D eigenvalue weighted by molar-refractivity contribution is -0.143. The van der Waals surface area contributed by atoms with Crippen molar-refractivity contribution in [3.05, 3.63) is 29.8 Å². The third-order valence-electron chi connectivity index (χ3n) is 3.29. The fourth-order valence-electron chi connectivity index (χ4n) is 1.75. The maximum Gasteiger partial charge on any atom is 0.319 e. The molecule has 3 N–H and O–H groups in total. The molecule has 18 heavy (non-hydrogen) atoms. The van der Waals surface area contributed by atoms with Crippen molar-refractivity contribution < 1.29 is 14.7 Å². The van der Waals surface area contributed by atoms with Crippen molar-refractivity contribution in [2.45, 2.75) is 19.8 Å². The lowest BCUT2D eigenvalue weighted by atomic mass is 10.1. The van der Waals surface area contributed by atoms with E-state index in [4.69, 9.17) is 5.11 Å². The Labute approximate surface area is 105 Å². The second kappa shape index (κ2) is 4.68. The van der Waals surface area contributed by atoms with E-state index in [0.29, 0.717) is 12.8 Å². The van der Waals surface area contributed by atoms with E-state index in [2.05, 4.69) is 10.6 Å². The molecule has 0 unspecified atom stereocenters. The summed E-state index contributed by atoms with van der Waals surface area (Å²) in [5.74, 6) is -0.835. The highest BCUT2D eigenvalue weighted by molar-refractivity contribution is 5.90. The lowest BCUT2D eigenvalue weighted by Gasteiger charge is -2.13. The third kappa shape index (κ3) is 2.61. The predicted octanol–water partition coefficient (Wildman–Crippen LogP) is 1.98. The first-order valence-corrected chi connectivity index (χ1v) is 5.87. The molecule has 1 aromatic carbocycles. The van der Waals surface area contributed by atoms with E-state index in [-0.39, 0.29) is 12.6 Å². The summed E-state index contributed by atoms with van der Waals surface area (Å²) >= 11 is 0. The fraction of sp³-hybridized carbons (Fsp3) is 0.385. The highest BCUT2D eigenvalue weighted by Crippen LogP contribution is 2.45. The number of aryl methyl sites for hydroxylation is 1. The van der Waals surface area contributed by atoms with E-state index in [1.807, 2.05) is 25.1 Å². The standard InChI is InChI=1S/C13H16N2O3/c1-9-4-2-3-5-10(9)15-12(18)14-8-13(6-7-13)11(16)17/h2-5H,6-8H2,1H3,(H,16,17)(H2,14,15,18). The molecule has 0 atom stereocenters. The average molecular weight is 248 g/mol. The van der Waals surface area contributed by atoms with Gasteiger partial charge in [0.2, 0.25) is 0 Å². The van der Waals surface area contributed by atoms with E-state index < -0.39 is 11.4 Å². The molecule has 5 heteroatoms. The summed E-state index contributed by atoms with van der Waals surface area (Å²) in [6.45, 7) is 2.08. The zero-order chi connectivity index (χ0) is 13.2. The van der Waals surface area contributed by atoms with Gasteiger partial charge in [-0.25, -0.2) is 4.79 Å². The van der Waals surface area contributed by atoms with Crippen molar-refractivity contribution in [3.63, 3.8) is 0 Å². The Hall–Kier alpha value is -2.04. The number of para-hydroxylation sites is 1. The van der Waals surface area contributed by atoms with E-state index in [9.17, 15) is 9.59 Å². The van der Waals surface area contributed by atoms with E-state index in [0.717, 1.165) is 11.3 Å². The number of urea groups is 1. The molecule has 96 valence electrons. The molecule has 1 saturated carbocycles. The number of hydrogen-bond donors (Lipinski definition) is 3. The Morgan fingerprint density at radius 3 is 2.56 bits per heavy atom. The van der Waals surface area contributed by atoms with Crippen molar-refractivity contribution in [3.8, 4) is 0 Å². The quantitative estimate of drug-likeness (QED) is 0.762. The average Bonchev–Trinajstić information content (AvgIpc) is 3.11. The van der Waals surface area contributed by atoms with Crippen LogP contribution in [-0.2, 0) is 4.79 Å². The largest absolute Gasteiger partial charge is 0.481 e. The van der Waals surface area contributed by atoms with E-state index in [1.165, 1.54) is 0 Å². The molecular weight excluding hydrogens is 232 g/mol. The van der Waals surface area contributed by atoms with Crippen LogP contribution in [0.5, 0.6) is 0 Å². The first-order valence-electron chi connectivity index (χ1n) is 5.87. The van der Waals surface area contributed by atoms with Gasteiger partial charge in [0.25, 0.3) is 0 Å². The van der Waals surface area contributed by atoms with Gasteiger partial charge in [-0.3, -0.25) is 4.79 Å². The number of hydrogen-bond acceptors (Lipinski definition) is 2. The number of amides is 2. The monoisotopic (exact) mass is 248 g/mol. The number of benzene rings is 1. The molecule has 2 rings (SSSR count). The smallest absolute Gasteiger partial charge is 0.319 e. The highest BCUT2D eigenvalue weighted by atomic mass is 16.4. The van der Waals surface area contributed by atoms with Crippen LogP contribution >= 0.6 is 0 Å². The second-order valence-corrected chi connectivity index (χ2v) is 4.71. The molecular formula is C13H16N2O3. The zero-order valence-corrected chi connectivity index (χ0v) is 10.2. The van der Waals surface area contributed by atoms with Gasteiger partial charge in [-0.15, -0.1) is 0 Å². The maximum atomic E-state index is 11.6. The molecule has 1 aromatic rings. The lowest BCUT2D eigenvalue weighted by Crippen LogP contribution is -2.36. The van der Waals surface area contributed by atoms with Crippen LogP contribution in [0.4, 0.5) is 10.5 Å². The van der Waals surface area contributed by atoms with Gasteiger partial charge in [0, 0.05) is 12.2 Å². The van der Waals surface area contributed by atoms with Crippen molar-refractivity contribution >= 4 is 17.7 Å². The number of nitrogens with one attached hydrogen (secondary N) is 2. The van der Waals surface area contributed by atoms with Crippen LogP contribution in [0.1, 0.15) is 18.4 Å². The zero-order valence-electron chi connectivity index (χ0n) is 10.2. The van der Waals surface area contributed by atoms with Gasteiger partial charge in [0.1, 0.15) is 0 Å². The number of anilines is 1. The Balaban J connectivity index is 1.87. The summed E-state index contributed by atoms with van der Waals surface area (Å²) in [5.41, 5.74) is 0.963. The van der Waals surface area contributed by atoms with Crippen LogP contribution in [0.3, 0.4) is 0 Å². The van der Waals surface area contributed by atoms with Gasteiger partial charge in [-0.05, 0) is 31.4 Å². The Kier molecular flexibility index (Phi) is 3.23. The Bertz CT molecular complexity index is 481. The minimum absolute atomic E-state index is 0.181. The van der Waals surface area contributed by atoms with E-state index >= 15 is 0 Å². The maximum absolute atomic E-state index is 11.6. The molecule has 0 aliphatic heterocycles. The number of carboxylic acids is 1. The summed E-state index contributed by atoms with van der Waals surface area (Å²) in [6.07, 6.45) is 1.26. The molecule has 0 radical (unpaired) electrons. The van der Waals surface area contributed by atoms with Crippen molar-refractivity contribution in [2.24, 2.45) is 5.41 Å². The minimum Gasteiger partial charge on any atom is -0.481 e. The number of carbonyl (C=O) groups is 2. The van der Waals surface area contributed by atoms with Crippen LogP contribution < -0.4 is 10.6 Å². The van der Waals surface area contributed by atoms with Gasteiger partial charge in [-0.2, -0.15) is 0 Å². The van der Waals surface area contributed by atoms with E-state index in [1.54, 1.807) is 6.07 Å². The number of carboxylic acid groups (broad SMARTS) is 1. The highest BCUT2D eigenvalue weighted by Gasteiger charge is 2.50. The summed E-state index contributed by atoms with van der Waals surface area (Å²) in [6, 6.07) is 7.07. The minimum atomic E-state index is -0.835. The molecule has 0 heterocycles. The van der Waals surface area contributed by atoms with Crippen LogP contribution in [0.25, 0.3) is 0 Å². The third-order valence-corrected chi connectivity index (χ3v) is 3.29. The summed E-state index contributed by atoms with van der Waals surface area (Å²) in [4.78, 5) is 22.6. The van der Waals surface area contributed by atoms with Crippen molar-refractivity contribution in [1.82, 2.24) is 5.32 Å². The van der Waals surface area contributed by atoms with Crippen LogP contribution in [0.2, 0.25) is 0 Å². The number of rotatable bonds is 4. The molecule has 2 amide bonds. The normalized spacial score (nSPS) is 15.8. The molecule has 0 saturated heterocycles. The van der Waals surface area contributed by atoms with Gasteiger partial charge in [-0.1, -0.05) is 18.2 Å². The molecule has 1 aliphatic rings. The van der Waals surface area contributed by atoms with Gasteiger partial charge >= 0.3 is 12.0 Å². The Morgan fingerprint density at radius 1 is 1.33 bits per heavy atom. The van der Waals surface area contributed by atoms with Crippen LogP contribution in [0.15, 0.2) is 24.3 Å². The first-order chi connectivity index (χ1) is 8.53. The van der Waals surface area contributed by atoms with Gasteiger partial charge in [0.05, 0.1) is 5.41 Å². The first kappa shape index (κ1) is 12.4. The van der Waals surface area contributed by atoms with Crippen molar-refractivity contribution in [2.75, 3.05) is 11.9 Å². The summed E-state index contributed by atoms with van der Waals surface area (Å²) in [5, 5.41) is 14.3. The van der Waals surface area contributed by atoms with Crippen molar-refractivity contribution in [1.29, 1.82) is 0 Å². The van der Waals surface area contributed by atoms with Gasteiger partial charge in [0.15, 0.2) is 0 Å². The molecule has 5 nitrogen and oxygen atoms in total. The van der Waals surface area contributed by atoms with Gasteiger partial charge < -0.3 is 15.7 Å². The predicted molar refractivity (Wildman–Crippen MR) is 67.5 cm³/mol. The number of aliphatic carboxylic acids is 1. The van der Waals surface area contributed by atoms with Crippen LogP contribution in [0, 0.1) is 12.3 Å². The summed E-state index contributed by atoms with van der Waals surface area (Å²) < 4.78 is 0. The molecule has 1 fully saturated rings. The second-order valence-electron chi connectivity index (χ2n) is 4.71. The fourth-order valence-corrected chi connectivity index (χ4v) is 1.75. The molecule has 1 aliphatic carbocycles. The van der Waals surface area contributed by atoms with Crippen LogP contribution in [-0.4, -0.2) is 23.7 Å². The number of carbonyl (C=O) groups excluding carboxylic acids is 1. The molecule has 0 bridgehead atoms. The Morgan fingerprint density at radius 2 is 2.00 bits per heavy atom. The molecule has 0 spiro atoms. The summed E-state index contributed by atoms with van der Waals surface area (Å²) in [7, 11) is 0. The SMILES string of the molecule is Cc1ccccc1NC(=O)NCC1(C(=O)O)CC1.